The first kappa shape index (κ1) is 12.3. The number of methoxy groups -OCH3 is 2. The van der Waals surface area contributed by atoms with E-state index in [9.17, 15) is 0 Å². The van der Waals surface area contributed by atoms with Crippen molar-refractivity contribution in [1.82, 2.24) is 0 Å². The van der Waals surface area contributed by atoms with E-state index in [0.29, 0.717) is 0 Å². The molecule has 0 amide bonds. The van der Waals surface area contributed by atoms with Crippen molar-refractivity contribution >= 4 is 10.8 Å². The highest BCUT2D eigenvalue weighted by Crippen LogP contribution is 2.37. The maximum Gasteiger partial charge on any atom is 0.127 e. The first-order chi connectivity index (χ1) is 8.72. The molecule has 0 aliphatic carbocycles. The summed E-state index contributed by atoms with van der Waals surface area (Å²) in [5.74, 6) is 1.37. The topological polar surface area (TPSA) is 42.2 Å². The van der Waals surface area contributed by atoms with Gasteiger partial charge in [-0.25, -0.2) is 0 Å². The van der Waals surface area contributed by atoms with Crippen molar-refractivity contribution in [2.45, 2.75) is 12.8 Å². The maximum atomic E-state index is 9.12. The zero-order valence-corrected chi connectivity index (χ0v) is 10.7. The molecule has 0 aliphatic rings. The van der Waals surface area contributed by atoms with Gasteiger partial charge in [0.1, 0.15) is 11.5 Å². The standard InChI is InChI=1S/C15H15NO2/c1-10(9-16)11-7-8-13(17-2)12-5-4-6-14(18-3)15(11)12/h4-8,10H,1-3H3. The van der Waals surface area contributed by atoms with Crippen LogP contribution >= 0.6 is 0 Å². The lowest BCUT2D eigenvalue weighted by atomic mass is 9.94. The molecule has 0 spiro atoms. The van der Waals surface area contributed by atoms with Crippen LogP contribution in [0.2, 0.25) is 0 Å². The van der Waals surface area contributed by atoms with Gasteiger partial charge < -0.3 is 9.47 Å². The monoisotopic (exact) mass is 241 g/mol. The predicted octanol–water partition coefficient (Wildman–Crippen LogP) is 3.48. The molecular weight excluding hydrogens is 226 g/mol. The molecule has 3 heteroatoms. The molecule has 3 nitrogen and oxygen atoms in total. The van der Waals surface area contributed by atoms with Gasteiger partial charge >= 0.3 is 0 Å². The zero-order valence-electron chi connectivity index (χ0n) is 10.7. The molecule has 1 atom stereocenters. The number of rotatable bonds is 3. The number of nitriles is 1. The Kier molecular flexibility index (Phi) is 3.38. The van der Waals surface area contributed by atoms with Gasteiger partial charge in [0, 0.05) is 10.8 Å². The Morgan fingerprint density at radius 3 is 2.39 bits per heavy atom. The quantitative estimate of drug-likeness (QED) is 0.826. The van der Waals surface area contributed by atoms with E-state index in [1.165, 1.54) is 0 Å². The molecule has 0 bridgehead atoms. The zero-order chi connectivity index (χ0) is 13.1. The van der Waals surface area contributed by atoms with E-state index in [-0.39, 0.29) is 5.92 Å². The SMILES string of the molecule is COc1ccc(C(C)C#N)c2c(OC)cccc12. The van der Waals surface area contributed by atoms with E-state index in [2.05, 4.69) is 6.07 Å². The van der Waals surface area contributed by atoms with E-state index in [1.807, 2.05) is 37.3 Å². The van der Waals surface area contributed by atoms with Crippen molar-refractivity contribution in [3.8, 4) is 17.6 Å². The molecule has 0 saturated heterocycles. The van der Waals surface area contributed by atoms with E-state index in [4.69, 9.17) is 14.7 Å². The third-order valence-electron chi connectivity index (χ3n) is 3.09. The first-order valence-corrected chi connectivity index (χ1v) is 5.76. The second-order valence-electron chi connectivity index (χ2n) is 4.09. The molecular formula is C15H15NO2. The number of hydrogen-bond acceptors (Lipinski definition) is 3. The lowest BCUT2D eigenvalue weighted by Gasteiger charge is -2.14. The van der Waals surface area contributed by atoms with Crippen LogP contribution in [0.15, 0.2) is 30.3 Å². The van der Waals surface area contributed by atoms with Gasteiger partial charge in [0.25, 0.3) is 0 Å². The number of ether oxygens (including phenoxy) is 2. The Hall–Kier alpha value is -2.21. The van der Waals surface area contributed by atoms with Crippen LogP contribution in [0.5, 0.6) is 11.5 Å². The summed E-state index contributed by atoms with van der Waals surface area (Å²) in [7, 11) is 3.27. The summed E-state index contributed by atoms with van der Waals surface area (Å²) in [5.41, 5.74) is 0.964. The summed E-state index contributed by atoms with van der Waals surface area (Å²) in [6.45, 7) is 1.88. The van der Waals surface area contributed by atoms with Gasteiger partial charge in [-0.1, -0.05) is 18.2 Å². The fraction of sp³-hybridized carbons (Fsp3) is 0.267. The average molecular weight is 241 g/mol. The Morgan fingerprint density at radius 2 is 1.78 bits per heavy atom. The summed E-state index contributed by atoms with van der Waals surface area (Å²) < 4.78 is 10.8. The van der Waals surface area contributed by atoms with Crippen LogP contribution < -0.4 is 9.47 Å². The number of fused-ring (bicyclic) bond motifs is 1. The summed E-state index contributed by atoms with van der Waals surface area (Å²) in [5, 5.41) is 11.0. The second-order valence-corrected chi connectivity index (χ2v) is 4.09. The molecule has 92 valence electrons. The Labute approximate surface area is 107 Å². The second kappa shape index (κ2) is 4.97. The molecule has 2 rings (SSSR count). The minimum absolute atomic E-state index is 0.185. The van der Waals surface area contributed by atoms with E-state index in [1.54, 1.807) is 14.2 Å². The number of benzene rings is 2. The molecule has 2 aromatic rings. The van der Waals surface area contributed by atoms with Crippen LogP contribution in [-0.2, 0) is 0 Å². The molecule has 0 aromatic heterocycles. The highest BCUT2D eigenvalue weighted by Gasteiger charge is 2.15. The molecule has 1 unspecified atom stereocenters. The Bertz CT molecular complexity index is 614. The lowest BCUT2D eigenvalue weighted by molar-refractivity contribution is 0.415. The minimum atomic E-state index is -0.185. The molecule has 0 saturated carbocycles. The number of hydrogen-bond donors (Lipinski definition) is 0. The Morgan fingerprint density at radius 1 is 1.06 bits per heavy atom. The molecule has 0 heterocycles. The smallest absolute Gasteiger partial charge is 0.127 e. The van der Waals surface area contributed by atoms with E-state index < -0.39 is 0 Å². The molecule has 0 fully saturated rings. The predicted molar refractivity (Wildman–Crippen MR) is 71.1 cm³/mol. The summed E-state index contributed by atoms with van der Waals surface area (Å²) >= 11 is 0. The third-order valence-corrected chi connectivity index (χ3v) is 3.09. The van der Waals surface area contributed by atoms with Crippen LogP contribution in [0.1, 0.15) is 18.4 Å². The van der Waals surface area contributed by atoms with Crippen LogP contribution in [0, 0.1) is 11.3 Å². The van der Waals surface area contributed by atoms with Gasteiger partial charge in [-0.3, -0.25) is 0 Å². The van der Waals surface area contributed by atoms with Gasteiger partial charge in [-0.15, -0.1) is 0 Å². The normalized spacial score (nSPS) is 11.9. The highest BCUT2D eigenvalue weighted by atomic mass is 16.5. The van der Waals surface area contributed by atoms with Gasteiger partial charge in [-0.2, -0.15) is 5.26 Å². The maximum absolute atomic E-state index is 9.12. The van der Waals surface area contributed by atoms with Gasteiger partial charge in [0.05, 0.1) is 26.2 Å². The molecule has 0 radical (unpaired) electrons. The summed E-state index contributed by atoms with van der Waals surface area (Å²) in [4.78, 5) is 0. The average Bonchev–Trinajstić information content (AvgIpc) is 2.44. The minimum Gasteiger partial charge on any atom is -0.496 e. The lowest BCUT2D eigenvalue weighted by Crippen LogP contribution is -1.96. The van der Waals surface area contributed by atoms with Crippen LogP contribution in [0.4, 0.5) is 0 Å². The fourth-order valence-electron chi connectivity index (χ4n) is 2.15. The van der Waals surface area contributed by atoms with Crippen LogP contribution in [0.3, 0.4) is 0 Å². The molecule has 0 N–H and O–H groups in total. The largest absolute Gasteiger partial charge is 0.496 e. The van der Waals surface area contributed by atoms with Crippen LogP contribution in [-0.4, -0.2) is 14.2 Å². The van der Waals surface area contributed by atoms with Crippen molar-refractivity contribution in [3.05, 3.63) is 35.9 Å². The van der Waals surface area contributed by atoms with E-state index >= 15 is 0 Å². The van der Waals surface area contributed by atoms with Crippen molar-refractivity contribution in [2.75, 3.05) is 14.2 Å². The molecule has 2 aromatic carbocycles. The van der Waals surface area contributed by atoms with Gasteiger partial charge in [0.15, 0.2) is 0 Å². The fourth-order valence-corrected chi connectivity index (χ4v) is 2.15. The van der Waals surface area contributed by atoms with Crippen molar-refractivity contribution in [2.24, 2.45) is 0 Å². The van der Waals surface area contributed by atoms with Gasteiger partial charge in [0.2, 0.25) is 0 Å². The summed E-state index contributed by atoms with van der Waals surface area (Å²) in [6, 6.07) is 11.9. The van der Waals surface area contributed by atoms with Crippen molar-refractivity contribution < 1.29 is 9.47 Å². The Balaban J connectivity index is 2.85. The summed E-state index contributed by atoms with van der Waals surface area (Å²) in [6.07, 6.45) is 0. The molecule has 0 aliphatic heterocycles. The van der Waals surface area contributed by atoms with Crippen molar-refractivity contribution in [1.29, 1.82) is 5.26 Å². The van der Waals surface area contributed by atoms with Crippen LogP contribution in [0.25, 0.3) is 10.8 Å². The first-order valence-electron chi connectivity index (χ1n) is 5.76. The third kappa shape index (κ3) is 1.86. The van der Waals surface area contributed by atoms with E-state index in [0.717, 1.165) is 27.8 Å². The molecule has 18 heavy (non-hydrogen) atoms. The highest BCUT2D eigenvalue weighted by molar-refractivity contribution is 5.96. The van der Waals surface area contributed by atoms with Gasteiger partial charge in [-0.05, 0) is 24.6 Å². The van der Waals surface area contributed by atoms with Crippen molar-refractivity contribution in [3.63, 3.8) is 0 Å². The number of nitrogens with zero attached hydrogens (tertiary/aromatic N) is 1.